The van der Waals surface area contributed by atoms with Crippen molar-refractivity contribution in [3.63, 3.8) is 0 Å². The third-order valence-electron chi connectivity index (χ3n) is 3.89. The fraction of sp³-hybridized carbons (Fsp3) is 0.643. The highest BCUT2D eigenvalue weighted by Crippen LogP contribution is 2.34. The van der Waals surface area contributed by atoms with Gasteiger partial charge in [-0.3, -0.25) is 9.69 Å². The average molecular weight is 247 g/mol. The SMILES string of the molecule is Nc1ccc(=O)n(CCN(CC2CC2)C2CC2)c1. The molecule has 4 nitrogen and oxygen atoms in total. The minimum Gasteiger partial charge on any atom is -0.398 e. The molecule has 0 unspecified atom stereocenters. The molecule has 3 rings (SSSR count). The van der Waals surface area contributed by atoms with Crippen LogP contribution in [-0.4, -0.2) is 28.6 Å². The topological polar surface area (TPSA) is 51.3 Å². The van der Waals surface area contributed by atoms with Crippen molar-refractivity contribution in [2.75, 3.05) is 18.8 Å². The quantitative estimate of drug-likeness (QED) is 0.824. The second-order valence-corrected chi connectivity index (χ2v) is 5.66. The van der Waals surface area contributed by atoms with Gasteiger partial charge in [-0.2, -0.15) is 0 Å². The molecular weight excluding hydrogens is 226 g/mol. The molecule has 0 saturated heterocycles. The molecule has 2 fully saturated rings. The zero-order valence-corrected chi connectivity index (χ0v) is 10.7. The number of hydrogen-bond acceptors (Lipinski definition) is 3. The largest absolute Gasteiger partial charge is 0.398 e. The second kappa shape index (κ2) is 4.76. The summed E-state index contributed by atoms with van der Waals surface area (Å²) in [7, 11) is 0. The van der Waals surface area contributed by atoms with E-state index < -0.39 is 0 Å². The van der Waals surface area contributed by atoms with Gasteiger partial charge in [0.1, 0.15) is 0 Å². The van der Waals surface area contributed by atoms with Crippen molar-refractivity contribution in [3.05, 3.63) is 28.7 Å². The molecule has 98 valence electrons. The van der Waals surface area contributed by atoms with Crippen LogP contribution in [0.15, 0.2) is 23.1 Å². The molecule has 1 aromatic rings. The molecule has 4 heteroatoms. The molecule has 18 heavy (non-hydrogen) atoms. The van der Waals surface area contributed by atoms with Crippen LogP contribution in [0, 0.1) is 5.92 Å². The number of pyridine rings is 1. The molecule has 0 atom stereocenters. The zero-order valence-electron chi connectivity index (χ0n) is 10.7. The van der Waals surface area contributed by atoms with Gasteiger partial charge >= 0.3 is 0 Å². The van der Waals surface area contributed by atoms with Crippen LogP contribution < -0.4 is 11.3 Å². The van der Waals surface area contributed by atoms with Crippen molar-refractivity contribution >= 4 is 5.69 Å². The van der Waals surface area contributed by atoms with E-state index >= 15 is 0 Å². The Labute approximate surface area is 107 Å². The van der Waals surface area contributed by atoms with Crippen LogP contribution in [0.3, 0.4) is 0 Å². The monoisotopic (exact) mass is 247 g/mol. The normalized spacial score (nSPS) is 19.4. The van der Waals surface area contributed by atoms with E-state index in [9.17, 15) is 4.79 Å². The molecular formula is C14H21N3O. The summed E-state index contributed by atoms with van der Waals surface area (Å²) in [6.07, 6.45) is 7.20. The Hall–Kier alpha value is -1.29. The van der Waals surface area contributed by atoms with Gasteiger partial charge in [0.25, 0.3) is 5.56 Å². The maximum Gasteiger partial charge on any atom is 0.250 e. The van der Waals surface area contributed by atoms with Crippen LogP contribution in [0.1, 0.15) is 25.7 Å². The lowest BCUT2D eigenvalue weighted by Gasteiger charge is -2.22. The fourth-order valence-corrected chi connectivity index (χ4v) is 2.46. The number of nitrogen functional groups attached to an aromatic ring is 1. The van der Waals surface area contributed by atoms with E-state index in [1.54, 1.807) is 22.9 Å². The Kier molecular flexibility index (Phi) is 3.12. The molecule has 0 bridgehead atoms. The maximum absolute atomic E-state index is 11.7. The molecule has 2 saturated carbocycles. The number of anilines is 1. The second-order valence-electron chi connectivity index (χ2n) is 5.66. The highest BCUT2D eigenvalue weighted by Gasteiger charge is 2.33. The first-order chi connectivity index (χ1) is 8.72. The highest BCUT2D eigenvalue weighted by atomic mass is 16.1. The van der Waals surface area contributed by atoms with Crippen molar-refractivity contribution in [1.29, 1.82) is 0 Å². The van der Waals surface area contributed by atoms with Gasteiger partial charge in [0.15, 0.2) is 0 Å². The number of nitrogens with zero attached hydrogens (tertiary/aromatic N) is 2. The van der Waals surface area contributed by atoms with Crippen LogP contribution in [0.2, 0.25) is 0 Å². The number of aromatic nitrogens is 1. The molecule has 0 aromatic carbocycles. The zero-order chi connectivity index (χ0) is 12.5. The summed E-state index contributed by atoms with van der Waals surface area (Å²) >= 11 is 0. The summed E-state index contributed by atoms with van der Waals surface area (Å²) in [4.78, 5) is 14.3. The average Bonchev–Trinajstić information content (AvgIpc) is 3.21. The van der Waals surface area contributed by atoms with Gasteiger partial charge in [-0.1, -0.05) is 0 Å². The van der Waals surface area contributed by atoms with E-state index in [1.165, 1.54) is 32.2 Å². The molecule has 2 aliphatic rings. The molecule has 0 amide bonds. The van der Waals surface area contributed by atoms with Crippen LogP contribution in [0.4, 0.5) is 5.69 Å². The Morgan fingerprint density at radius 2 is 2.06 bits per heavy atom. The van der Waals surface area contributed by atoms with Gasteiger partial charge in [-0.05, 0) is 37.7 Å². The molecule has 2 aliphatic carbocycles. The third kappa shape index (κ3) is 2.93. The maximum atomic E-state index is 11.7. The van der Waals surface area contributed by atoms with Crippen LogP contribution >= 0.6 is 0 Å². The fourth-order valence-electron chi connectivity index (χ4n) is 2.46. The molecule has 1 heterocycles. The van der Waals surface area contributed by atoms with Gasteiger partial charge in [-0.25, -0.2) is 0 Å². The van der Waals surface area contributed by atoms with E-state index in [-0.39, 0.29) is 5.56 Å². The Morgan fingerprint density at radius 3 is 2.72 bits per heavy atom. The summed E-state index contributed by atoms with van der Waals surface area (Å²) < 4.78 is 1.73. The summed E-state index contributed by atoms with van der Waals surface area (Å²) in [5, 5.41) is 0. The summed E-state index contributed by atoms with van der Waals surface area (Å²) in [6.45, 7) is 2.96. The summed E-state index contributed by atoms with van der Waals surface area (Å²) in [6, 6.07) is 4.00. The van der Waals surface area contributed by atoms with Crippen LogP contribution in [-0.2, 0) is 6.54 Å². The molecule has 0 spiro atoms. The first kappa shape index (κ1) is 11.8. The van der Waals surface area contributed by atoms with E-state index in [0.29, 0.717) is 5.69 Å². The predicted molar refractivity (Wildman–Crippen MR) is 72.4 cm³/mol. The van der Waals surface area contributed by atoms with Crippen molar-refractivity contribution in [2.45, 2.75) is 38.3 Å². The van der Waals surface area contributed by atoms with E-state index in [4.69, 9.17) is 5.73 Å². The van der Waals surface area contributed by atoms with Crippen molar-refractivity contribution in [1.82, 2.24) is 9.47 Å². The minimum atomic E-state index is 0.0476. The van der Waals surface area contributed by atoms with E-state index in [1.807, 2.05) is 0 Å². The lowest BCUT2D eigenvalue weighted by Crippen LogP contribution is -2.33. The number of hydrogen-bond donors (Lipinski definition) is 1. The molecule has 2 N–H and O–H groups in total. The first-order valence-electron chi connectivity index (χ1n) is 6.92. The van der Waals surface area contributed by atoms with Gasteiger partial charge in [0.2, 0.25) is 0 Å². The highest BCUT2D eigenvalue weighted by molar-refractivity contribution is 5.33. The molecule has 0 aliphatic heterocycles. The lowest BCUT2D eigenvalue weighted by molar-refractivity contribution is 0.241. The van der Waals surface area contributed by atoms with Gasteiger partial charge < -0.3 is 10.3 Å². The van der Waals surface area contributed by atoms with Crippen LogP contribution in [0.25, 0.3) is 0 Å². The predicted octanol–water partition coefficient (Wildman–Crippen LogP) is 1.30. The van der Waals surface area contributed by atoms with E-state index in [0.717, 1.165) is 25.0 Å². The minimum absolute atomic E-state index is 0.0476. The number of rotatable bonds is 6. The number of nitrogens with two attached hydrogens (primary N) is 1. The Morgan fingerprint density at radius 1 is 1.28 bits per heavy atom. The van der Waals surface area contributed by atoms with Crippen molar-refractivity contribution in [2.24, 2.45) is 5.92 Å². The van der Waals surface area contributed by atoms with Gasteiger partial charge in [0.05, 0.1) is 0 Å². The summed E-state index contributed by atoms with van der Waals surface area (Å²) in [5.41, 5.74) is 6.43. The molecule has 0 radical (unpaired) electrons. The smallest absolute Gasteiger partial charge is 0.250 e. The van der Waals surface area contributed by atoms with Gasteiger partial charge in [-0.15, -0.1) is 0 Å². The van der Waals surface area contributed by atoms with Crippen molar-refractivity contribution < 1.29 is 0 Å². The Bertz CT molecular complexity index is 474. The van der Waals surface area contributed by atoms with Gasteiger partial charge in [0, 0.05) is 43.6 Å². The third-order valence-corrected chi connectivity index (χ3v) is 3.89. The summed E-state index contributed by atoms with van der Waals surface area (Å²) in [5.74, 6) is 0.920. The standard InChI is InChI=1S/C14H21N3O/c15-12-3-6-14(18)17(10-12)8-7-16(13-4-5-13)9-11-1-2-11/h3,6,10-11,13H,1-2,4-5,7-9,15H2. The lowest BCUT2D eigenvalue weighted by atomic mass is 10.3. The molecule has 1 aromatic heterocycles. The van der Waals surface area contributed by atoms with E-state index in [2.05, 4.69) is 4.90 Å². The van der Waals surface area contributed by atoms with Crippen molar-refractivity contribution in [3.8, 4) is 0 Å². The Balaban J connectivity index is 1.60. The van der Waals surface area contributed by atoms with Crippen LogP contribution in [0.5, 0.6) is 0 Å². The first-order valence-corrected chi connectivity index (χ1v) is 6.92.